The Labute approximate surface area is 120 Å². The number of hydrogen-bond donors (Lipinski definition) is 2. The number of urea groups is 1. The second-order valence-electron chi connectivity index (χ2n) is 6.49. The Morgan fingerprint density at radius 2 is 1.85 bits per heavy atom. The predicted molar refractivity (Wildman–Crippen MR) is 76.4 cm³/mol. The van der Waals surface area contributed by atoms with Crippen LogP contribution >= 0.6 is 0 Å². The lowest BCUT2D eigenvalue weighted by Crippen LogP contribution is -2.51. The first-order valence-corrected chi connectivity index (χ1v) is 7.71. The van der Waals surface area contributed by atoms with Crippen molar-refractivity contribution in [1.29, 1.82) is 0 Å². The van der Waals surface area contributed by atoms with Crippen molar-refractivity contribution in [3.05, 3.63) is 0 Å². The van der Waals surface area contributed by atoms with E-state index >= 15 is 0 Å². The molecule has 0 aromatic rings. The molecule has 0 bridgehead atoms. The third-order valence-corrected chi connectivity index (χ3v) is 5.35. The molecular weight excluding hydrogens is 256 g/mol. The van der Waals surface area contributed by atoms with Crippen LogP contribution in [0.4, 0.5) is 4.79 Å². The van der Waals surface area contributed by atoms with E-state index in [0.29, 0.717) is 24.8 Å². The van der Waals surface area contributed by atoms with E-state index in [0.717, 1.165) is 12.8 Å². The number of carboxylic acids is 1. The molecule has 1 saturated heterocycles. The third-order valence-electron chi connectivity index (χ3n) is 5.35. The minimum absolute atomic E-state index is 0.0906. The lowest BCUT2D eigenvalue weighted by molar-refractivity contribution is -0.142. The summed E-state index contributed by atoms with van der Waals surface area (Å²) in [5, 5.41) is 12.2. The number of likely N-dealkylation sites (tertiary alicyclic amines) is 1. The molecule has 0 radical (unpaired) electrons. The zero-order valence-electron chi connectivity index (χ0n) is 12.6. The maximum Gasteiger partial charge on any atom is 0.317 e. The quantitative estimate of drug-likeness (QED) is 0.816. The van der Waals surface area contributed by atoms with Gasteiger partial charge in [-0.15, -0.1) is 0 Å². The summed E-state index contributed by atoms with van der Waals surface area (Å²) >= 11 is 0. The van der Waals surface area contributed by atoms with Crippen LogP contribution in [0.15, 0.2) is 0 Å². The van der Waals surface area contributed by atoms with Crippen LogP contribution in [0.5, 0.6) is 0 Å². The van der Waals surface area contributed by atoms with Crippen molar-refractivity contribution in [1.82, 2.24) is 10.2 Å². The van der Waals surface area contributed by atoms with Crippen LogP contribution in [-0.2, 0) is 4.79 Å². The average Bonchev–Trinajstić information content (AvgIpc) is 2.77. The van der Waals surface area contributed by atoms with Gasteiger partial charge in [-0.3, -0.25) is 4.79 Å². The maximum atomic E-state index is 12.4. The van der Waals surface area contributed by atoms with E-state index in [1.807, 2.05) is 6.92 Å². The lowest BCUT2D eigenvalue weighted by atomic mass is 9.78. The molecule has 1 saturated carbocycles. The summed E-state index contributed by atoms with van der Waals surface area (Å²) in [7, 11) is 0. The number of nitrogens with one attached hydrogen (secondary N) is 1. The first-order chi connectivity index (χ1) is 9.41. The van der Waals surface area contributed by atoms with Gasteiger partial charge in [-0.1, -0.05) is 26.7 Å². The largest absolute Gasteiger partial charge is 0.481 e. The molecule has 1 aliphatic carbocycles. The van der Waals surface area contributed by atoms with Crippen molar-refractivity contribution in [3.8, 4) is 0 Å². The second kappa shape index (κ2) is 6.02. The van der Waals surface area contributed by atoms with E-state index in [-0.39, 0.29) is 18.1 Å². The summed E-state index contributed by atoms with van der Waals surface area (Å²) in [4.78, 5) is 25.2. The zero-order chi connectivity index (χ0) is 14.9. The third kappa shape index (κ3) is 2.91. The molecule has 0 aromatic heterocycles. The molecule has 0 spiro atoms. The Bertz CT molecular complexity index is 385. The van der Waals surface area contributed by atoms with Crippen molar-refractivity contribution in [2.45, 2.75) is 58.5 Å². The van der Waals surface area contributed by atoms with Gasteiger partial charge in [-0.25, -0.2) is 4.79 Å². The first kappa shape index (κ1) is 15.1. The summed E-state index contributed by atoms with van der Waals surface area (Å²) in [5.41, 5.74) is 0. The molecule has 20 heavy (non-hydrogen) atoms. The number of carbonyl (C=O) groups excluding carboxylic acids is 1. The molecule has 1 aliphatic heterocycles. The fourth-order valence-electron chi connectivity index (χ4n) is 3.58. The molecule has 114 valence electrons. The van der Waals surface area contributed by atoms with Crippen molar-refractivity contribution in [2.24, 2.45) is 17.8 Å². The molecule has 1 heterocycles. The standard InChI is InChI=1S/C15H26N2O3/c1-9-5-4-6-13(10(9)2)16-15(20)17-8-7-12(11(17)3)14(18)19/h9-13H,4-8H2,1-3H3,(H,16,20)(H,18,19). The molecule has 2 aliphatic rings. The van der Waals surface area contributed by atoms with E-state index < -0.39 is 11.9 Å². The van der Waals surface area contributed by atoms with E-state index in [9.17, 15) is 9.59 Å². The number of aliphatic carboxylic acids is 1. The molecule has 5 atom stereocenters. The lowest BCUT2D eigenvalue weighted by Gasteiger charge is -2.36. The van der Waals surface area contributed by atoms with Gasteiger partial charge in [-0.05, 0) is 31.6 Å². The SMILES string of the molecule is CC1CCCC(NC(=O)N2CCC(C(=O)O)C2C)C1C. The van der Waals surface area contributed by atoms with E-state index in [2.05, 4.69) is 19.2 Å². The second-order valence-corrected chi connectivity index (χ2v) is 6.49. The van der Waals surface area contributed by atoms with Crippen molar-refractivity contribution < 1.29 is 14.7 Å². The van der Waals surface area contributed by atoms with Crippen LogP contribution in [0.1, 0.15) is 46.5 Å². The van der Waals surface area contributed by atoms with Gasteiger partial charge in [0.2, 0.25) is 0 Å². The highest BCUT2D eigenvalue weighted by molar-refractivity contribution is 5.78. The molecule has 5 nitrogen and oxygen atoms in total. The zero-order valence-corrected chi connectivity index (χ0v) is 12.6. The van der Waals surface area contributed by atoms with Crippen LogP contribution < -0.4 is 5.32 Å². The average molecular weight is 282 g/mol. The highest BCUT2D eigenvalue weighted by atomic mass is 16.4. The number of carboxylic acid groups (broad SMARTS) is 1. The Balaban J connectivity index is 1.94. The van der Waals surface area contributed by atoms with Gasteiger partial charge in [0.25, 0.3) is 0 Å². The normalized spacial score (nSPS) is 37.8. The number of nitrogens with zero attached hydrogens (tertiary/aromatic N) is 1. The van der Waals surface area contributed by atoms with Crippen molar-refractivity contribution >= 4 is 12.0 Å². The van der Waals surface area contributed by atoms with Crippen LogP contribution in [0.25, 0.3) is 0 Å². The van der Waals surface area contributed by atoms with E-state index in [1.165, 1.54) is 6.42 Å². The van der Waals surface area contributed by atoms with Crippen LogP contribution in [0, 0.1) is 17.8 Å². The van der Waals surface area contributed by atoms with Gasteiger partial charge in [0.1, 0.15) is 0 Å². The Morgan fingerprint density at radius 1 is 1.15 bits per heavy atom. The summed E-state index contributed by atoms with van der Waals surface area (Å²) in [5.74, 6) is -0.103. The van der Waals surface area contributed by atoms with Crippen molar-refractivity contribution in [2.75, 3.05) is 6.54 Å². The number of rotatable bonds is 2. The van der Waals surface area contributed by atoms with Gasteiger partial charge >= 0.3 is 12.0 Å². The molecule has 2 fully saturated rings. The molecule has 0 aromatic carbocycles. The van der Waals surface area contributed by atoms with Gasteiger partial charge in [-0.2, -0.15) is 0 Å². The number of carbonyl (C=O) groups is 2. The molecule has 2 N–H and O–H groups in total. The van der Waals surface area contributed by atoms with Crippen LogP contribution in [-0.4, -0.2) is 40.6 Å². The van der Waals surface area contributed by atoms with Gasteiger partial charge < -0.3 is 15.3 Å². The predicted octanol–water partition coefficient (Wildman–Crippen LogP) is 2.32. The van der Waals surface area contributed by atoms with Gasteiger partial charge in [0, 0.05) is 18.6 Å². The molecule has 5 unspecified atom stereocenters. The monoisotopic (exact) mass is 282 g/mol. The van der Waals surface area contributed by atoms with E-state index in [4.69, 9.17) is 5.11 Å². The summed E-state index contributed by atoms with van der Waals surface area (Å²) < 4.78 is 0. The topological polar surface area (TPSA) is 69.6 Å². The molecule has 5 heteroatoms. The highest BCUT2D eigenvalue weighted by Gasteiger charge is 2.39. The number of amides is 2. The fourth-order valence-corrected chi connectivity index (χ4v) is 3.58. The summed E-state index contributed by atoms with van der Waals surface area (Å²) in [6, 6.07) is -0.0849. The minimum atomic E-state index is -0.799. The Kier molecular flexibility index (Phi) is 4.55. The smallest absolute Gasteiger partial charge is 0.317 e. The number of hydrogen-bond acceptors (Lipinski definition) is 2. The molecule has 2 amide bonds. The highest BCUT2D eigenvalue weighted by Crippen LogP contribution is 2.30. The Hall–Kier alpha value is -1.26. The van der Waals surface area contributed by atoms with Crippen LogP contribution in [0.3, 0.4) is 0 Å². The fraction of sp³-hybridized carbons (Fsp3) is 0.867. The van der Waals surface area contributed by atoms with Gasteiger partial charge in [0.15, 0.2) is 0 Å². The maximum absolute atomic E-state index is 12.4. The molecular formula is C15H26N2O3. The van der Waals surface area contributed by atoms with E-state index in [1.54, 1.807) is 4.90 Å². The first-order valence-electron chi connectivity index (χ1n) is 7.71. The summed E-state index contributed by atoms with van der Waals surface area (Å²) in [6.07, 6.45) is 3.97. The van der Waals surface area contributed by atoms with Gasteiger partial charge in [0.05, 0.1) is 5.92 Å². The van der Waals surface area contributed by atoms with Crippen molar-refractivity contribution in [3.63, 3.8) is 0 Å². The minimum Gasteiger partial charge on any atom is -0.481 e. The Morgan fingerprint density at radius 3 is 2.45 bits per heavy atom. The molecule has 2 rings (SSSR count). The summed E-state index contributed by atoms with van der Waals surface area (Å²) in [6.45, 7) is 6.81. The van der Waals surface area contributed by atoms with Crippen LogP contribution in [0.2, 0.25) is 0 Å².